The van der Waals surface area contributed by atoms with Crippen LogP contribution in [0.1, 0.15) is 24.8 Å². The van der Waals surface area contributed by atoms with E-state index in [1.807, 2.05) is 25.3 Å². The fourth-order valence-corrected chi connectivity index (χ4v) is 1.61. The van der Waals surface area contributed by atoms with E-state index in [4.69, 9.17) is 6.42 Å². The van der Waals surface area contributed by atoms with E-state index in [1.165, 1.54) is 5.56 Å². The predicted molar refractivity (Wildman–Crippen MR) is 68.9 cm³/mol. The smallest absolute Gasteiger partial charge is 0.243 e. The number of fused-ring (bicyclic) bond motifs is 1. The Labute approximate surface area is 101 Å². The second-order valence-electron chi connectivity index (χ2n) is 4.03. The van der Waals surface area contributed by atoms with Gasteiger partial charge in [0.2, 0.25) is 5.95 Å². The standard InChI is InChI=1S/C13H16N4/c1-3-4-5-6-9-14-13-15-12-8-7-11(2)10-17(12)16-13/h1,7-8,10H,4-6,9H2,2H3,(H,14,16). The van der Waals surface area contributed by atoms with Crippen molar-refractivity contribution in [3.05, 3.63) is 23.9 Å². The molecule has 17 heavy (non-hydrogen) atoms. The molecule has 0 saturated heterocycles. The van der Waals surface area contributed by atoms with Gasteiger partial charge in [-0.05, 0) is 31.4 Å². The average Bonchev–Trinajstić information content (AvgIpc) is 2.70. The first-order valence-electron chi connectivity index (χ1n) is 5.80. The number of aryl methyl sites for hydroxylation is 1. The zero-order chi connectivity index (χ0) is 12.1. The normalized spacial score (nSPS) is 10.4. The van der Waals surface area contributed by atoms with Gasteiger partial charge < -0.3 is 5.32 Å². The summed E-state index contributed by atoms with van der Waals surface area (Å²) in [7, 11) is 0. The van der Waals surface area contributed by atoms with E-state index in [-0.39, 0.29) is 0 Å². The summed E-state index contributed by atoms with van der Waals surface area (Å²) in [4.78, 5) is 4.37. The van der Waals surface area contributed by atoms with Crippen molar-refractivity contribution < 1.29 is 0 Å². The van der Waals surface area contributed by atoms with Crippen LogP contribution in [0.2, 0.25) is 0 Å². The summed E-state index contributed by atoms with van der Waals surface area (Å²) in [6.07, 6.45) is 10.1. The molecule has 4 heteroatoms. The number of nitrogens with one attached hydrogen (secondary N) is 1. The highest BCUT2D eigenvalue weighted by Crippen LogP contribution is 2.07. The number of unbranched alkanes of at least 4 members (excludes halogenated alkanes) is 2. The van der Waals surface area contributed by atoms with Crippen molar-refractivity contribution in [2.45, 2.75) is 26.2 Å². The van der Waals surface area contributed by atoms with Crippen molar-refractivity contribution in [3.8, 4) is 12.3 Å². The first-order valence-corrected chi connectivity index (χ1v) is 5.80. The van der Waals surface area contributed by atoms with Gasteiger partial charge in [-0.2, -0.15) is 4.98 Å². The molecular formula is C13H16N4. The van der Waals surface area contributed by atoms with Crippen molar-refractivity contribution in [1.29, 1.82) is 0 Å². The highest BCUT2D eigenvalue weighted by atomic mass is 15.3. The number of terminal acetylenes is 1. The molecule has 2 rings (SSSR count). The third-order valence-electron chi connectivity index (χ3n) is 2.51. The summed E-state index contributed by atoms with van der Waals surface area (Å²) < 4.78 is 1.79. The van der Waals surface area contributed by atoms with Crippen LogP contribution in [0.4, 0.5) is 5.95 Å². The van der Waals surface area contributed by atoms with Gasteiger partial charge in [0.25, 0.3) is 0 Å². The van der Waals surface area contributed by atoms with E-state index in [0.717, 1.165) is 31.5 Å². The van der Waals surface area contributed by atoms with Crippen molar-refractivity contribution in [2.75, 3.05) is 11.9 Å². The van der Waals surface area contributed by atoms with Crippen molar-refractivity contribution in [2.24, 2.45) is 0 Å². The Hall–Kier alpha value is -2.02. The number of pyridine rings is 1. The zero-order valence-corrected chi connectivity index (χ0v) is 9.98. The quantitative estimate of drug-likeness (QED) is 0.630. The lowest BCUT2D eigenvalue weighted by molar-refractivity contribution is 0.783. The maximum atomic E-state index is 5.19. The topological polar surface area (TPSA) is 42.2 Å². The Morgan fingerprint density at radius 3 is 3.12 bits per heavy atom. The van der Waals surface area contributed by atoms with Crippen LogP contribution in [0.15, 0.2) is 18.3 Å². The summed E-state index contributed by atoms with van der Waals surface area (Å²) in [6.45, 7) is 2.89. The maximum absolute atomic E-state index is 5.19. The third-order valence-corrected chi connectivity index (χ3v) is 2.51. The minimum atomic E-state index is 0.677. The third kappa shape index (κ3) is 2.97. The first kappa shape index (κ1) is 11.5. The Bertz CT molecular complexity index is 536. The zero-order valence-electron chi connectivity index (χ0n) is 9.98. The van der Waals surface area contributed by atoms with E-state index in [0.29, 0.717) is 5.95 Å². The number of nitrogens with zero attached hydrogens (tertiary/aromatic N) is 3. The molecule has 0 aliphatic carbocycles. The highest BCUT2D eigenvalue weighted by molar-refractivity contribution is 5.43. The molecule has 0 spiro atoms. The molecule has 0 fully saturated rings. The summed E-state index contributed by atoms with van der Waals surface area (Å²) in [5, 5.41) is 7.55. The van der Waals surface area contributed by atoms with E-state index >= 15 is 0 Å². The lowest BCUT2D eigenvalue weighted by Gasteiger charge is -1.98. The minimum Gasteiger partial charge on any atom is -0.353 e. The highest BCUT2D eigenvalue weighted by Gasteiger charge is 2.01. The molecule has 2 aromatic heterocycles. The van der Waals surface area contributed by atoms with Crippen LogP contribution in [0.25, 0.3) is 5.65 Å². The summed E-state index contributed by atoms with van der Waals surface area (Å²) >= 11 is 0. The van der Waals surface area contributed by atoms with Gasteiger partial charge in [-0.1, -0.05) is 6.07 Å². The Morgan fingerprint density at radius 1 is 1.41 bits per heavy atom. The van der Waals surface area contributed by atoms with Gasteiger partial charge in [-0.25, -0.2) is 4.52 Å². The number of hydrogen-bond donors (Lipinski definition) is 1. The molecule has 4 nitrogen and oxygen atoms in total. The van der Waals surface area contributed by atoms with Crippen LogP contribution < -0.4 is 5.32 Å². The molecule has 2 aromatic rings. The van der Waals surface area contributed by atoms with Crippen molar-refractivity contribution in [1.82, 2.24) is 14.6 Å². The van der Waals surface area contributed by atoms with Crippen LogP contribution in [0.3, 0.4) is 0 Å². The largest absolute Gasteiger partial charge is 0.353 e. The van der Waals surface area contributed by atoms with E-state index in [2.05, 4.69) is 21.3 Å². The second-order valence-corrected chi connectivity index (χ2v) is 4.03. The van der Waals surface area contributed by atoms with Gasteiger partial charge in [-0.15, -0.1) is 17.4 Å². The minimum absolute atomic E-state index is 0.677. The van der Waals surface area contributed by atoms with Crippen molar-refractivity contribution in [3.63, 3.8) is 0 Å². The van der Waals surface area contributed by atoms with Crippen LogP contribution in [0, 0.1) is 19.3 Å². The molecule has 0 amide bonds. The molecule has 0 radical (unpaired) electrons. The molecule has 0 unspecified atom stereocenters. The van der Waals surface area contributed by atoms with Crippen LogP contribution in [-0.4, -0.2) is 21.1 Å². The van der Waals surface area contributed by atoms with Gasteiger partial charge in [-0.3, -0.25) is 0 Å². The fraction of sp³-hybridized carbons (Fsp3) is 0.385. The molecule has 0 saturated carbocycles. The van der Waals surface area contributed by atoms with E-state index in [1.54, 1.807) is 4.52 Å². The Morgan fingerprint density at radius 2 is 2.29 bits per heavy atom. The molecule has 0 aliphatic rings. The molecule has 2 heterocycles. The SMILES string of the molecule is C#CCCCCNc1nc2ccc(C)cn2n1. The molecule has 0 aliphatic heterocycles. The summed E-state index contributed by atoms with van der Waals surface area (Å²) in [6, 6.07) is 3.99. The summed E-state index contributed by atoms with van der Waals surface area (Å²) in [5.41, 5.74) is 2.03. The number of hydrogen-bond acceptors (Lipinski definition) is 3. The fourth-order valence-electron chi connectivity index (χ4n) is 1.61. The Balaban J connectivity index is 1.93. The summed E-state index contributed by atoms with van der Waals surface area (Å²) in [5.74, 6) is 3.31. The van der Waals surface area contributed by atoms with Crippen LogP contribution in [0.5, 0.6) is 0 Å². The second kappa shape index (κ2) is 5.35. The lowest BCUT2D eigenvalue weighted by atomic mass is 10.2. The monoisotopic (exact) mass is 228 g/mol. The number of aromatic nitrogens is 3. The molecule has 88 valence electrons. The number of anilines is 1. The molecule has 1 N–H and O–H groups in total. The van der Waals surface area contributed by atoms with Gasteiger partial charge in [0.15, 0.2) is 5.65 Å². The molecule has 0 aromatic carbocycles. The van der Waals surface area contributed by atoms with Crippen LogP contribution >= 0.6 is 0 Å². The van der Waals surface area contributed by atoms with Gasteiger partial charge >= 0.3 is 0 Å². The lowest BCUT2D eigenvalue weighted by Crippen LogP contribution is -2.02. The van der Waals surface area contributed by atoms with Gasteiger partial charge in [0.05, 0.1) is 0 Å². The van der Waals surface area contributed by atoms with Crippen LogP contribution in [-0.2, 0) is 0 Å². The maximum Gasteiger partial charge on any atom is 0.243 e. The molecule has 0 bridgehead atoms. The van der Waals surface area contributed by atoms with Gasteiger partial charge in [0.1, 0.15) is 0 Å². The van der Waals surface area contributed by atoms with Crippen molar-refractivity contribution >= 4 is 11.6 Å². The predicted octanol–water partition coefficient (Wildman–Crippen LogP) is 2.25. The average molecular weight is 228 g/mol. The number of rotatable bonds is 5. The van der Waals surface area contributed by atoms with E-state index < -0.39 is 0 Å². The van der Waals surface area contributed by atoms with E-state index in [9.17, 15) is 0 Å². The first-order chi connectivity index (χ1) is 8.29. The Kier molecular flexibility index (Phi) is 3.61. The molecular weight excluding hydrogens is 212 g/mol. The molecule has 0 atom stereocenters. The van der Waals surface area contributed by atoms with Gasteiger partial charge in [0, 0.05) is 19.2 Å².